The predicted molar refractivity (Wildman–Crippen MR) is 124 cm³/mol. The molecule has 0 fully saturated rings. The van der Waals surface area contributed by atoms with Crippen LogP contribution in [0.2, 0.25) is 5.02 Å². The molecular formula is C26H23ClN2O3. The molecule has 4 rings (SSSR count). The topological polar surface area (TPSA) is 62.6 Å². The van der Waals surface area contributed by atoms with Gasteiger partial charge in [0.2, 0.25) is 5.91 Å². The van der Waals surface area contributed by atoms with Crippen molar-refractivity contribution in [1.82, 2.24) is 0 Å². The average molecular weight is 447 g/mol. The summed E-state index contributed by atoms with van der Waals surface area (Å²) >= 11 is 6.14. The van der Waals surface area contributed by atoms with Crippen molar-refractivity contribution in [2.45, 2.75) is 26.3 Å². The van der Waals surface area contributed by atoms with Crippen LogP contribution in [0.3, 0.4) is 0 Å². The van der Waals surface area contributed by atoms with Gasteiger partial charge < -0.3 is 14.4 Å². The normalized spacial score (nSPS) is 15.1. The van der Waals surface area contributed by atoms with E-state index in [4.69, 9.17) is 26.3 Å². The average Bonchev–Trinajstić information content (AvgIpc) is 2.80. The smallest absolute Gasteiger partial charge is 0.232 e. The zero-order valence-electron chi connectivity index (χ0n) is 18.0. The van der Waals surface area contributed by atoms with Crippen LogP contribution in [-0.4, -0.2) is 19.1 Å². The summed E-state index contributed by atoms with van der Waals surface area (Å²) in [7, 11) is 0. The number of hydrogen-bond acceptors (Lipinski definition) is 4. The molecule has 6 heteroatoms. The maximum absolute atomic E-state index is 13.4. The third-order valence-corrected chi connectivity index (χ3v) is 5.68. The minimum Gasteiger partial charge on any atom is -0.490 e. The fourth-order valence-corrected chi connectivity index (χ4v) is 4.18. The van der Waals surface area contributed by atoms with Crippen LogP contribution in [0.25, 0.3) is 0 Å². The number of rotatable bonds is 6. The highest BCUT2D eigenvalue weighted by Gasteiger charge is 2.36. The van der Waals surface area contributed by atoms with Crippen LogP contribution in [0.1, 0.15) is 42.1 Å². The van der Waals surface area contributed by atoms with Gasteiger partial charge in [-0.05, 0) is 79.1 Å². The number of nitriles is 1. The van der Waals surface area contributed by atoms with Crippen LogP contribution in [0.5, 0.6) is 11.5 Å². The minimum atomic E-state index is -0.369. The number of amides is 1. The lowest BCUT2D eigenvalue weighted by molar-refractivity contribution is -0.118. The second kappa shape index (κ2) is 9.33. The van der Waals surface area contributed by atoms with Crippen molar-refractivity contribution < 1.29 is 14.3 Å². The lowest BCUT2D eigenvalue weighted by atomic mass is 9.86. The molecule has 32 heavy (non-hydrogen) atoms. The van der Waals surface area contributed by atoms with E-state index in [1.54, 1.807) is 17.0 Å². The number of benzene rings is 3. The largest absolute Gasteiger partial charge is 0.490 e. The van der Waals surface area contributed by atoms with Gasteiger partial charge in [0.15, 0.2) is 11.5 Å². The Bertz CT molecular complexity index is 1170. The van der Waals surface area contributed by atoms with E-state index in [0.717, 1.165) is 22.4 Å². The number of anilines is 1. The number of ether oxygens (including phenoxy) is 2. The SMILES string of the molecule is CCOc1cc2c(cc1OCC)C(c1ccc(Cl)cc1)N(c1ccc(C#N)cc1)C(=O)C2. The van der Waals surface area contributed by atoms with Crippen LogP contribution in [-0.2, 0) is 11.2 Å². The molecule has 1 aliphatic heterocycles. The van der Waals surface area contributed by atoms with Crippen LogP contribution >= 0.6 is 11.6 Å². The summed E-state index contributed by atoms with van der Waals surface area (Å²) in [6.45, 7) is 4.86. The molecule has 3 aromatic carbocycles. The van der Waals surface area contributed by atoms with Gasteiger partial charge in [-0.3, -0.25) is 4.79 Å². The minimum absolute atomic E-state index is 0.0335. The lowest BCUT2D eigenvalue weighted by Crippen LogP contribution is -2.41. The molecule has 1 amide bonds. The standard InChI is InChI=1S/C26H23ClN2O3/c1-3-31-23-13-19-14-25(30)29(21-11-5-17(16-28)6-12-21)26(18-7-9-20(27)10-8-18)22(19)15-24(23)32-4-2/h5-13,15,26H,3-4,14H2,1-2H3. The van der Waals surface area contributed by atoms with Crippen molar-refractivity contribution in [2.24, 2.45) is 0 Å². The van der Waals surface area contributed by atoms with Crippen LogP contribution < -0.4 is 14.4 Å². The third-order valence-electron chi connectivity index (χ3n) is 5.43. The van der Waals surface area contributed by atoms with Gasteiger partial charge in [-0.15, -0.1) is 0 Å². The molecule has 0 aromatic heterocycles. The molecule has 1 unspecified atom stereocenters. The molecule has 0 bridgehead atoms. The van der Waals surface area contributed by atoms with E-state index < -0.39 is 0 Å². The molecular weight excluding hydrogens is 424 g/mol. The molecule has 0 spiro atoms. The maximum Gasteiger partial charge on any atom is 0.232 e. The second-order valence-electron chi connectivity index (χ2n) is 7.42. The fourth-order valence-electron chi connectivity index (χ4n) is 4.06. The van der Waals surface area contributed by atoms with Gasteiger partial charge in [-0.1, -0.05) is 23.7 Å². The Morgan fingerprint density at radius 2 is 1.62 bits per heavy atom. The van der Waals surface area contributed by atoms with Gasteiger partial charge in [0.25, 0.3) is 0 Å². The van der Waals surface area contributed by atoms with Crippen molar-refractivity contribution in [2.75, 3.05) is 18.1 Å². The Labute approximate surface area is 192 Å². The highest BCUT2D eigenvalue weighted by atomic mass is 35.5. The van der Waals surface area contributed by atoms with E-state index in [9.17, 15) is 4.79 Å². The van der Waals surface area contributed by atoms with E-state index in [2.05, 4.69) is 6.07 Å². The summed E-state index contributed by atoms with van der Waals surface area (Å²) in [6, 6.07) is 20.2. The van der Waals surface area contributed by atoms with Crippen LogP contribution in [0, 0.1) is 11.3 Å². The first-order chi connectivity index (χ1) is 15.5. The molecule has 0 N–H and O–H groups in total. The molecule has 0 saturated heterocycles. The molecule has 1 atom stereocenters. The lowest BCUT2D eigenvalue weighted by Gasteiger charge is -2.38. The first-order valence-corrected chi connectivity index (χ1v) is 10.9. The molecule has 0 saturated carbocycles. The van der Waals surface area contributed by atoms with Crippen molar-refractivity contribution in [1.29, 1.82) is 5.26 Å². The molecule has 1 heterocycles. The number of nitrogens with zero attached hydrogens (tertiary/aromatic N) is 2. The monoisotopic (exact) mass is 446 g/mol. The quantitative estimate of drug-likeness (QED) is 0.488. The molecule has 0 aliphatic carbocycles. The second-order valence-corrected chi connectivity index (χ2v) is 7.85. The van der Waals surface area contributed by atoms with E-state index in [1.165, 1.54) is 0 Å². The summed E-state index contributed by atoms with van der Waals surface area (Å²) in [5.74, 6) is 1.26. The Kier molecular flexibility index (Phi) is 6.34. The van der Waals surface area contributed by atoms with Gasteiger partial charge in [-0.25, -0.2) is 0 Å². The van der Waals surface area contributed by atoms with Gasteiger partial charge >= 0.3 is 0 Å². The number of hydrogen-bond donors (Lipinski definition) is 0. The Balaban J connectivity index is 1.91. The fraction of sp³-hybridized carbons (Fsp3) is 0.231. The van der Waals surface area contributed by atoms with Gasteiger partial charge in [0, 0.05) is 10.7 Å². The van der Waals surface area contributed by atoms with Crippen molar-refractivity contribution in [3.63, 3.8) is 0 Å². The van der Waals surface area contributed by atoms with Gasteiger partial charge in [0.1, 0.15) is 0 Å². The zero-order valence-corrected chi connectivity index (χ0v) is 18.7. The van der Waals surface area contributed by atoms with Gasteiger partial charge in [-0.2, -0.15) is 5.26 Å². The van der Waals surface area contributed by atoms with Crippen molar-refractivity contribution in [3.05, 3.63) is 87.9 Å². The van der Waals surface area contributed by atoms with E-state index in [-0.39, 0.29) is 18.4 Å². The van der Waals surface area contributed by atoms with Gasteiger partial charge in [0.05, 0.1) is 37.3 Å². The number of carbonyl (C=O) groups is 1. The van der Waals surface area contributed by atoms with E-state index >= 15 is 0 Å². The molecule has 5 nitrogen and oxygen atoms in total. The molecule has 162 valence electrons. The highest BCUT2D eigenvalue weighted by Crippen LogP contribution is 2.43. The third kappa shape index (κ3) is 4.15. The predicted octanol–water partition coefficient (Wildman–Crippen LogP) is 5.69. The number of carbonyl (C=O) groups excluding carboxylic acids is 1. The summed E-state index contributed by atoms with van der Waals surface area (Å²) < 4.78 is 11.7. The summed E-state index contributed by atoms with van der Waals surface area (Å²) in [5.41, 5.74) is 4.09. The molecule has 3 aromatic rings. The molecule has 0 radical (unpaired) electrons. The van der Waals surface area contributed by atoms with E-state index in [0.29, 0.717) is 35.3 Å². The first-order valence-electron chi connectivity index (χ1n) is 10.6. The van der Waals surface area contributed by atoms with E-state index in [1.807, 2.05) is 62.4 Å². The summed E-state index contributed by atoms with van der Waals surface area (Å²) in [6.07, 6.45) is 0.242. The van der Waals surface area contributed by atoms with Crippen LogP contribution in [0.15, 0.2) is 60.7 Å². The Hall–Kier alpha value is -3.49. The number of fused-ring (bicyclic) bond motifs is 1. The highest BCUT2D eigenvalue weighted by molar-refractivity contribution is 6.30. The summed E-state index contributed by atoms with van der Waals surface area (Å²) in [5, 5.41) is 9.79. The van der Waals surface area contributed by atoms with Crippen molar-refractivity contribution >= 4 is 23.2 Å². The van der Waals surface area contributed by atoms with Crippen LogP contribution in [0.4, 0.5) is 5.69 Å². The maximum atomic E-state index is 13.4. The zero-order chi connectivity index (χ0) is 22.7. The summed E-state index contributed by atoms with van der Waals surface area (Å²) in [4.78, 5) is 15.2. The Morgan fingerprint density at radius 3 is 2.22 bits per heavy atom. The Morgan fingerprint density at radius 1 is 1.00 bits per heavy atom. The number of halogens is 1. The first kappa shape index (κ1) is 21.7. The van der Waals surface area contributed by atoms with Crippen molar-refractivity contribution in [3.8, 4) is 17.6 Å². The molecule has 1 aliphatic rings.